The summed E-state index contributed by atoms with van der Waals surface area (Å²) in [7, 11) is 0. The van der Waals surface area contributed by atoms with Crippen LogP contribution in [0.4, 0.5) is 0 Å². The minimum Gasteiger partial charge on any atom is -0.465 e. The van der Waals surface area contributed by atoms with E-state index in [1.165, 1.54) is 19.3 Å². The topological polar surface area (TPSA) is 26.3 Å². The van der Waals surface area contributed by atoms with Crippen LogP contribution in [0.2, 0.25) is 0 Å². The van der Waals surface area contributed by atoms with Crippen molar-refractivity contribution in [3.05, 3.63) is 12.2 Å². The van der Waals surface area contributed by atoms with E-state index in [0.29, 0.717) is 17.1 Å². The van der Waals surface area contributed by atoms with Crippen LogP contribution in [-0.2, 0) is 9.53 Å². The van der Waals surface area contributed by atoms with Crippen LogP contribution < -0.4 is 0 Å². The Kier molecular flexibility index (Phi) is 4.33. The molecule has 2 heterocycles. The molecule has 0 aromatic heterocycles. The van der Waals surface area contributed by atoms with Crippen molar-refractivity contribution in [3.8, 4) is 0 Å². The quantitative estimate of drug-likeness (QED) is 0.405. The molecule has 0 amide bonds. The maximum atomic E-state index is 11.8. The molecule has 0 saturated carbocycles. The summed E-state index contributed by atoms with van der Waals surface area (Å²) in [5.74, 6) is 0.159. The molecule has 0 aliphatic carbocycles. The van der Waals surface area contributed by atoms with E-state index in [1.807, 2.05) is 11.8 Å². The van der Waals surface area contributed by atoms with Crippen molar-refractivity contribution in [2.75, 3.05) is 6.61 Å². The zero-order chi connectivity index (χ0) is 11.4. The highest BCUT2D eigenvalue weighted by molar-refractivity contribution is 8.01. The van der Waals surface area contributed by atoms with Gasteiger partial charge in [0.2, 0.25) is 0 Å². The van der Waals surface area contributed by atoms with Crippen LogP contribution in [-0.4, -0.2) is 23.1 Å². The van der Waals surface area contributed by atoms with Crippen molar-refractivity contribution in [2.45, 2.75) is 49.5 Å². The SMILES string of the molecule is CCCCCCOC(=O)C1CC2C=CC1S2. The molecule has 0 aromatic rings. The molecule has 2 nitrogen and oxygen atoms in total. The van der Waals surface area contributed by atoms with Crippen LogP contribution in [0.25, 0.3) is 0 Å². The normalized spacial score (nSPS) is 30.9. The molecular weight excluding hydrogens is 220 g/mol. The van der Waals surface area contributed by atoms with Gasteiger partial charge in [0.15, 0.2) is 0 Å². The molecule has 3 atom stereocenters. The third kappa shape index (κ3) is 2.82. The number of unbranched alkanes of at least 4 members (excludes halogenated alkanes) is 3. The molecule has 2 aliphatic heterocycles. The standard InChI is InChI=1S/C13H20O2S/c1-2-3-4-5-8-15-13(14)11-9-10-6-7-12(11)16-10/h6-7,10-12H,2-5,8-9H2,1H3. The fraction of sp³-hybridized carbons (Fsp3) is 0.769. The lowest BCUT2D eigenvalue weighted by atomic mass is 9.95. The summed E-state index contributed by atoms with van der Waals surface area (Å²) >= 11 is 1.90. The van der Waals surface area contributed by atoms with Gasteiger partial charge in [0.1, 0.15) is 0 Å². The van der Waals surface area contributed by atoms with Crippen LogP contribution in [0.1, 0.15) is 39.0 Å². The van der Waals surface area contributed by atoms with E-state index in [-0.39, 0.29) is 11.9 Å². The van der Waals surface area contributed by atoms with E-state index in [4.69, 9.17) is 4.74 Å². The number of thioether (sulfide) groups is 1. The fourth-order valence-electron chi connectivity index (χ4n) is 2.31. The summed E-state index contributed by atoms with van der Waals surface area (Å²) in [6.07, 6.45) is 10.0. The van der Waals surface area contributed by atoms with Gasteiger partial charge in [0, 0.05) is 10.5 Å². The molecule has 3 heteroatoms. The average Bonchev–Trinajstić information content (AvgIpc) is 2.90. The largest absolute Gasteiger partial charge is 0.465 e. The number of fused-ring (bicyclic) bond motifs is 2. The molecule has 16 heavy (non-hydrogen) atoms. The van der Waals surface area contributed by atoms with Crippen LogP contribution in [0, 0.1) is 5.92 Å². The van der Waals surface area contributed by atoms with Crippen LogP contribution >= 0.6 is 11.8 Å². The first-order valence-electron chi connectivity index (χ1n) is 6.31. The number of ether oxygens (including phenoxy) is 1. The Morgan fingerprint density at radius 1 is 1.38 bits per heavy atom. The molecule has 0 spiro atoms. The predicted octanol–water partition coefficient (Wildman–Crippen LogP) is 3.17. The van der Waals surface area contributed by atoms with Crippen molar-refractivity contribution in [1.29, 1.82) is 0 Å². The predicted molar refractivity (Wildman–Crippen MR) is 67.5 cm³/mol. The molecule has 2 rings (SSSR count). The van der Waals surface area contributed by atoms with E-state index in [2.05, 4.69) is 19.1 Å². The van der Waals surface area contributed by atoms with Crippen LogP contribution in [0.3, 0.4) is 0 Å². The highest BCUT2D eigenvalue weighted by Crippen LogP contribution is 2.45. The summed E-state index contributed by atoms with van der Waals surface area (Å²) in [5, 5.41) is 0.968. The third-order valence-corrected chi connectivity index (χ3v) is 4.77. The minimum atomic E-state index is 0.0286. The molecular formula is C13H20O2S. The van der Waals surface area contributed by atoms with Crippen LogP contribution in [0.15, 0.2) is 12.2 Å². The lowest BCUT2D eigenvalue weighted by Crippen LogP contribution is -2.24. The van der Waals surface area contributed by atoms with Gasteiger partial charge >= 0.3 is 5.97 Å². The fourth-order valence-corrected chi connectivity index (χ4v) is 3.81. The second-order valence-corrected chi connectivity index (χ2v) is 6.02. The number of rotatable bonds is 6. The summed E-state index contributed by atoms with van der Waals surface area (Å²) in [5.41, 5.74) is 0. The Hall–Kier alpha value is -0.440. The average molecular weight is 240 g/mol. The van der Waals surface area contributed by atoms with E-state index < -0.39 is 0 Å². The van der Waals surface area contributed by atoms with Crippen molar-refractivity contribution >= 4 is 17.7 Å². The minimum absolute atomic E-state index is 0.0286. The molecule has 1 saturated heterocycles. The van der Waals surface area contributed by atoms with Gasteiger partial charge in [-0.1, -0.05) is 38.3 Å². The molecule has 90 valence electrons. The Balaban J connectivity index is 1.63. The van der Waals surface area contributed by atoms with Crippen molar-refractivity contribution in [1.82, 2.24) is 0 Å². The Morgan fingerprint density at radius 2 is 2.25 bits per heavy atom. The van der Waals surface area contributed by atoms with Gasteiger partial charge in [-0.05, 0) is 12.8 Å². The molecule has 2 aliphatic rings. The van der Waals surface area contributed by atoms with Gasteiger partial charge in [-0.2, -0.15) is 0 Å². The third-order valence-electron chi connectivity index (χ3n) is 3.28. The number of hydrogen-bond acceptors (Lipinski definition) is 3. The molecule has 0 N–H and O–H groups in total. The van der Waals surface area contributed by atoms with Crippen molar-refractivity contribution < 1.29 is 9.53 Å². The highest BCUT2D eigenvalue weighted by Gasteiger charge is 2.41. The second kappa shape index (κ2) is 5.76. The first-order chi connectivity index (χ1) is 7.81. The van der Waals surface area contributed by atoms with Gasteiger partial charge in [-0.3, -0.25) is 4.79 Å². The Morgan fingerprint density at radius 3 is 2.88 bits per heavy atom. The zero-order valence-electron chi connectivity index (χ0n) is 9.85. The molecule has 0 aromatic carbocycles. The number of hydrogen-bond donors (Lipinski definition) is 0. The highest BCUT2D eigenvalue weighted by atomic mass is 32.2. The smallest absolute Gasteiger partial charge is 0.310 e. The summed E-state index contributed by atoms with van der Waals surface area (Å²) < 4.78 is 5.34. The van der Waals surface area contributed by atoms with E-state index in [1.54, 1.807) is 0 Å². The van der Waals surface area contributed by atoms with Gasteiger partial charge in [0.25, 0.3) is 0 Å². The Bertz CT molecular complexity index is 275. The molecule has 3 unspecified atom stereocenters. The summed E-state index contributed by atoms with van der Waals surface area (Å²) in [6.45, 7) is 2.80. The van der Waals surface area contributed by atoms with Crippen molar-refractivity contribution in [2.24, 2.45) is 5.92 Å². The number of carbonyl (C=O) groups is 1. The van der Waals surface area contributed by atoms with Gasteiger partial charge in [-0.15, -0.1) is 11.8 Å². The van der Waals surface area contributed by atoms with Crippen LogP contribution in [0.5, 0.6) is 0 Å². The summed E-state index contributed by atoms with van der Waals surface area (Å²) in [6, 6.07) is 0. The molecule has 2 bridgehead atoms. The number of carbonyl (C=O) groups excluding carboxylic acids is 1. The van der Waals surface area contributed by atoms with E-state index >= 15 is 0 Å². The van der Waals surface area contributed by atoms with Gasteiger partial charge < -0.3 is 4.74 Å². The molecule has 0 radical (unpaired) electrons. The summed E-state index contributed by atoms with van der Waals surface area (Å²) in [4.78, 5) is 11.8. The lowest BCUT2D eigenvalue weighted by Gasteiger charge is -2.15. The first kappa shape index (κ1) is 12.0. The van der Waals surface area contributed by atoms with E-state index in [9.17, 15) is 4.79 Å². The molecule has 1 fully saturated rings. The second-order valence-electron chi connectivity index (χ2n) is 4.59. The monoisotopic (exact) mass is 240 g/mol. The first-order valence-corrected chi connectivity index (χ1v) is 7.26. The van der Waals surface area contributed by atoms with Gasteiger partial charge in [0.05, 0.1) is 12.5 Å². The maximum Gasteiger partial charge on any atom is 0.310 e. The van der Waals surface area contributed by atoms with E-state index in [0.717, 1.165) is 12.8 Å². The van der Waals surface area contributed by atoms with Crippen molar-refractivity contribution in [3.63, 3.8) is 0 Å². The Labute approximate surface area is 102 Å². The maximum absolute atomic E-state index is 11.8. The van der Waals surface area contributed by atoms with Gasteiger partial charge in [-0.25, -0.2) is 0 Å². The lowest BCUT2D eigenvalue weighted by molar-refractivity contribution is -0.148. The zero-order valence-corrected chi connectivity index (χ0v) is 10.7. The number of esters is 1.